The van der Waals surface area contributed by atoms with Gasteiger partial charge in [0.2, 0.25) is 11.8 Å². The number of carbonyl (C=O) groups excluding carboxylic acids is 2. The number of aromatic nitrogens is 3. The van der Waals surface area contributed by atoms with Crippen molar-refractivity contribution in [1.82, 2.24) is 24.8 Å². The van der Waals surface area contributed by atoms with E-state index in [1.807, 2.05) is 60.0 Å². The van der Waals surface area contributed by atoms with Crippen LogP contribution in [0.25, 0.3) is 11.3 Å². The van der Waals surface area contributed by atoms with Gasteiger partial charge in [-0.25, -0.2) is 4.68 Å². The zero-order valence-electron chi connectivity index (χ0n) is 15.8. The van der Waals surface area contributed by atoms with E-state index in [0.29, 0.717) is 19.6 Å². The number of benzene rings is 1. The molecule has 1 atom stereocenters. The first-order chi connectivity index (χ1) is 13.0. The minimum atomic E-state index is -0.295. The second-order valence-electron chi connectivity index (χ2n) is 7.69. The van der Waals surface area contributed by atoms with Gasteiger partial charge in [-0.3, -0.25) is 9.59 Å². The zero-order chi connectivity index (χ0) is 19.0. The molecule has 7 nitrogen and oxygen atoms in total. The SMILES string of the molecule is CC(C)C(=O)N1CCC[C@H]1C(=O)N1CC(n2cc(-c3ccccc3)nn2)C1. The average molecular weight is 367 g/mol. The molecule has 0 spiro atoms. The third kappa shape index (κ3) is 3.34. The summed E-state index contributed by atoms with van der Waals surface area (Å²) in [5.74, 6) is 0.0712. The lowest BCUT2D eigenvalue weighted by Crippen LogP contribution is -2.57. The van der Waals surface area contributed by atoms with Crippen molar-refractivity contribution in [3.05, 3.63) is 36.5 Å². The van der Waals surface area contributed by atoms with Crippen LogP contribution in [0, 0.1) is 5.92 Å². The Morgan fingerprint density at radius 3 is 2.59 bits per heavy atom. The van der Waals surface area contributed by atoms with E-state index in [1.54, 1.807) is 4.90 Å². The lowest BCUT2D eigenvalue weighted by molar-refractivity contribution is -0.149. The molecule has 1 aromatic carbocycles. The van der Waals surface area contributed by atoms with Gasteiger partial charge in [0.1, 0.15) is 11.7 Å². The van der Waals surface area contributed by atoms with Crippen LogP contribution in [0.1, 0.15) is 32.7 Å². The van der Waals surface area contributed by atoms with Crippen molar-refractivity contribution in [2.45, 2.75) is 38.8 Å². The molecule has 7 heteroatoms. The molecular weight excluding hydrogens is 342 g/mol. The summed E-state index contributed by atoms with van der Waals surface area (Å²) >= 11 is 0. The second-order valence-corrected chi connectivity index (χ2v) is 7.69. The van der Waals surface area contributed by atoms with Crippen LogP contribution in [0.2, 0.25) is 0 Å². The van der Waals surface area contributed by atoms with Gasteiger partial charge in [-0.05, 0) is 12.8 Å². The number of hydrogen-bond donors (Lipinski definition) is 0. The summed E-state index contributed by atoms with van der Waals surface area (Å²) in [6.45, 7) is 5.70. The van der Waals surface area contributed by atoms with Crippen molar-refractivity contribution in [1.29, 1.82) is 0 Å². The fourth-order valence-corrected chi connectivity index (χ4v) is 3.83. The molecule has 1 aromatic heterocycles. The molecule has 2 aromatic rings. The lowest BCUT2D eigenvalue weighted by Gasteiger charge is -2.41. The van der Waals surface area contributed by atoms with Gasteiger partial charge in [0.25, 0.3) is 0 Å². The third-order valence-corrected chi connectivity index (χ3v) is 5.44. The minimum Gasteiger partial charge on any atom is -0.336 e. The van der Waals surface area contributed by atoms with Crippen LogP contribution in [0.3, 0.4) is 0 Å². The van der Waals surface area contributed by atoms with E-state index < -0.39 is 0 Å². The Morgan fingerprint density at radius 2 is 1.89 bits per heavy atom. The van der Waals surface area contributed by atoms with E-state index in [9.17, 15) is 9.59 Å². The smallest absolute Gasteiger partial charge is 0.245 e. The maximum absolute atomic E-state index is 12.9. The normalized spacial score (nSPS) is 20.2. The Balaban J connectivity index is 1.37. The van der Waals surface area contributed by atoms with Gasteiger partial charge < -0.3 is 9.80 Å². The fourth-order valence-electron chi connectivity index (χ4n) is 3.83. The number of amides is 2. The average Bonchev–Trinajstić information content (AvgIpc) is 3.30. The molecule has 142 valence electrons. The fraction of sp³-hybridized carbons (Fsp3) is 0.500. The number of rotatable bonds is 4. The first-order valence-corrected chi connectivity index (χ1v) is 9.61. The van der Waals surface area contributed by atoms with Crippen molar-refractivity contribution in [3.63, 3.8) is 0 Å². The first-order valence-electron chi connectivity index (χ1n) is 9.61. The Morgan fingerprint density at radius 1 is 1.15 bits per heavy atom. The minimum absolute atomic E-state index is 0.0705. The molecule has 0 N–H and O–H groups in total. The van der Waals surface area contributed by atoms with E-state index in [4.69, 9.17) is 0 Å². The molecule has 0 unspecified atom stereocenters. The van der Waals surface area contributed by atoms with Gasteiger partial charge in [-0.15, -0.1) is 5.10 Å². The highest BCUT2D eigenvalue weighted by Gasteiger charge is 2.41. The van der Waals surface area contributed by atoms with Gasteiger partial charge in [-0.1, -0.05) is 49.4 Å². The number of carbonyl (C=O) groups is 2. The monoisotopic (exact) mass is 367 g/mol. The number of nitrogens with zero attached hydrogens (tertiary/aromatic N) is 5. The quantitative estimate of drug-likeness (QED) is 0.828. The molecule has 27 heavy (non-hydrogen) atoms. The summed E-state index contributed by atoms with van der Waals surface area (Å²) in [5, 5.41) is 8.48. The molecule has 0 radical (unpaired) electrons. The van der Waals surface area contributed by atoms with E-state index in [1.165, 1.54) is 0 Å². The topological polar surface area (TPSA) is 71.3 Å². The summed E-state index contributed by atoms with van der Waals surface area (Å²) < 4.78 is 1.85. The largest absolute Gasteiger partial charge is 0.336 e. The molecule has 2 fully saturated rings. The van der Waals surface area contributed by atoms with Crippen molar-refractivity contribution in [2.75, 3.05) is 19.6 Å². The van der Waals surface area contributed by atoms with Gasteiger partial charge in [0.05, 0.1) is 12.2 Å². The zero-order valence-corrected chi connectivity index (χ0v) is 15.8. The Labute approximate surface area is 158 Å². The van der Waals surface area contributed by atoms with Gasteiger partial charge in [0.15, 0.2) is 0 Å². The lowest BCUT2D eigenvalue weighted by atomic mass is 10.1. The number of hydrogen-bond acceptors (Lipinski definition) is 4. The maximum Gasteiger partial charge on any atom is 0.245 e. The molecule has 0 saturated carbocycles. The van der Waals surface area contributed by atoms with Crippen molar-refractivity contribution < 1.29 is 9.59 Å². The van der Waals surface area contributed by atoms with Crippen LogP contribution < -0.4 is 0 Å². The van der Waals surface area contributed by atoms with Crippen LogP contribution >= 0.6 is 0 Å². The van der Waals surface area contributed by atoms with Crippen LogP contribution in [0.15, 0.2) is 36.5 Å². The van der Waals surface area contributed by atoms with Crippen LogP contribution in [-0.4, -0.2) is 62.3 Å². The molecule has 4 rings (SSSR count). The molecular formula is C20H25N5O2. The number of likely N-dealkylation sites (tertiary alicyclic amines) is 2. The van der Waals surface area contributed by atoms with Crippen LogP contribution in [0.4, 0.5) is 0 Å². The Bertz CT molecular complexity index is 826. The van der Waals surface area contributed by atoms with Crippen molar-refractivity contribution in [3.8, 4) is 11.3 Å². The summed E-state index contributed by atoms with van der Waals surface area (Å²) in [6.07, 6.45) is 3.60. The Hall–Kier alpha value is -2.70. The van der Waals surface area contributed by atoms with E-state index in [0.717, 1.165) is 24.1 Å². The first kappa shape index (κ1) is 17.7. The summed E-state index contributed by atoms with van der Waals surface area (Å²) in [6, 6.07) is 9.79. The second kappa shape index (κ2) is 7.13. The Kier molecular flexibility index (Phi) is 4.68. The van der Waals surface area contributed by atoms with Gasteiger partial charge in [0, 0.05) is 31.1 Å². The summed E-state index contributed by atoms with van der Waals surface area (Å²) in [7, 11) is 0. The van der Waals surface area contributed by atoms with E-state index >= 15 is 0 Å². The van der Waals surface area contributed by atoms with E-state index in [2.05, 4.69) is 10.3 Å². The highest BCUT2D eigenvalue weighted by molar-refractivity contribution is 5.89. The standard InChI is InChI=1S/C20H25N5O2/c1-14(2)19(26)24-10-6-9-18(24)20(27)23-11-16(12-23)25-13-17(21-22-25)15-7-4-3-5-8-15/h3-5,7-8,13-14,16,18H,6,9-12H2,1-2H3/t18-/m0/s1. The van der Waals surface area contributed by atoms with Crippen molar-refractivity contribution in [2.24, 2.45) is 5.92 Å². The summed E-state index contributed by atoms with van der Waals surface area (Å²) in [4.78, 5) is 28.8. The van der Waals surface area contributed by atoms with Crippen molar-refractivity contribution >= 4 is 11.8 Å². The molecule has 2 amide bonds. The van der Waals surface area contributed by atoms with E-state index in [-0.39, 0.29) is 29.8 Å². The molecule has 0 bridgehead atoms. The maximum atomic E-state index is 12.9. The highest BCUT2D eigenvalue weighted by atomic mass is 16.2. The third-order valence-electron chi connectivity index (χ3n) is 5.44. The molecule has 2 aliphatic heterocycles. The predicted molar refractivity (Wildman–Crippen MR) is 101 cm³/mol. The summed E-state index contributed by atoms with van der Waals surface area (Å²) in [5.41, 5.74) is 1.87. The van der Waals surface area contributed by atoms with Gasteiger partial charge >= 0.3 is 0 Å². The van der Waals surface area contributed by atoms with Crippen LogP contribution in [0.5, 0.6) is 0 Å². The molecule has 2 saturated heterocycles. The molecule has 2 aliphatic rings. The van der Waals surface area contributed by atoms with Crippen LogP contribution in [-0.2, 0) is 9.59 Å². The van der Waals surface area contributed by atoms with Gasteiger partial charge in [-0.2, -0.15) is 0 Å². The molecule has 0 aliphatic carbocycles. The predicted octanol–water partition coefficient (Wildman–Crippen LogP) is 1.98. The molecule has 3 heterocycles. The highest BCUT2D eigenvalue weighted by Crippen LogP contribution is 2.28.